The van der Waals surface area contributed by atoms with Gasteiger partial charge in [-0.1, -0.05) is 13.8 Å². The zero-order valence-electron chi connectivity index (χ0n) is 10.5. The molecule has 3 nitrogen and oxygen atoms in total. The standard InChI is InChI=1S/C13H17BrFNO2/c1-8(2)4-3-7-16-10-6-5-9(13(17)18)11(14)12(10)15/h5-6,8,16H,3-4,7H2,1-2H3,(H,17,18). The summed E-state index contributed by atoms with van der Waals surface area (Å²) in [4.78, 5) is 10.8. The average molecular weight is 318 g/mol. The third kappa shape index (κ3) is 3.98. The van der Waals surface area contributed by atoms with Crippen LogP contribution in [-0.4, -0.2) is 17.6 Å². The summed E-state index contributed by atoms with van der Waals surface area (Å²) in [7, 11) is 0. The summed E-state index contributed by atoms with van der Waals surface area (Å²) in [6, 6.07) is 2.85. The molecule has 0 aliphatic heterocycles. The lowest BCUT2D eigenvalue weighted by atomic mass is 10.1. The minimum atomic E-state index is -1.15. The van der Waals surface area contributed by atoms with Crippen LogP contribution >= 0.6 is 15.9 Å². The first kappa shape index (κ1) is 15.0. The van der Waals surface area contributed by atoms with Crippen LogP contribution in [0.3, 0.4) is 0 Å². The van der Waals surface area contributed by atoms with Crippen LogP contribution in [0, 0.1) is 11.7 Å². The van der Waals surface area contributed by atoms with Crippen LogP contribution in [0.1, 0.15) is 37.0 Å². The molecular formula is C13H17BrFNO2. The number of nitrogens with one attached hydrogen (secondary N) is 1. The van der Waals surface area contributed by atoms with Gasteiger partial charge in [-0.25, -0.2) is 9.18 Å². The Labute approximate surface area is 115 Å². The molecule has 2 N–H and O–H groups in total. The molecule has 0 aliphatic carbocycles. The molecule has 100 valence electrons. The molecule has 0 amide bonds. The third-order valence-electron chi connectivity index (χ3n) is 2.59. The van der Waals surface area contributed by atoms with Gasteiger partial charge in [0.05, 0.1) is 15.7 Å². The fourth-order valence-electron chi connectivity index (χ4n) is 1.58. The highest BCUT2D eigenvalue weighted by atomic mass is 79.9. The molecule has 0 heterocycles. The largest absolute Gasteiger partial charge is 0.478 e. The Balaban J connectivity index is 2.68. The first-order chi connectivity index (χ1) is 8.43. The van der Waals surface area contributed by atoms with Crippen molar-refractivity contribution < 1.29 is 14.3 Å². The van der Waals surface area contributed by atoms with E-state index in [1.54, 1.807) is 0 Å². The van der Waals surface area contributed by atoms with Crippen LogP contribution in [0.5, 0.6) is 0 Å². The average Bonchev–Trinajstić information content (AvgIpc) is 2.29. The number of anilines is 1. The Morgan fingerprint density at radius 3 is 2.72 bits per heavy atom. The highest BCUT2D eigenvalue weighted by molar-refractivity contribution is 9.10. The molecule has 0 fully saturated rings. The van der Waals surface area contributed by atoms with Gasteiger partial charge < -0.3 is 10.4 Å². The maximum Gasteiger partial charge on any atom is 0.336 e. The lowest BCUT2D eigenvalue weighted by molar-refractivity contribution is 0.0695. The number of carbonyl (C=O) groups is 1. The van der Waals surface area contributed by atoms with E-state index in [0.29, 0.717) is 18.2 Å². The van der Waals surface area contributed by atoms with Crippen LogP contribution in [0.25, 0.3) is 0 Å². The van der Waals surface area contributed by atoms with Gasteiger partial charge in [0.15, 0.2) is 5.82 Å². The molecule has 0 atom stereocenters. The van der Waals surface area contributed by atoms with Gasteiger partial charge in [-0.05, 0) is 46.8 Å². The molecule has 1 rings (SSSR count). The molecular weight excluding hydrogens is 301 g/mol. The van der Waals surface area contributed by atoms with E-state index in [2.05, 4.69) is 35.1 Å². The molecule has 0 radical (unpaired) electrons. The van der Waals surface area contributed by atoms with Gasteiger partial charge in [0.2, 0.25) is 0 Å². The van der Waals surface area contributed by atoms with Crippen molar-refractivity contribution in [2.45, 2.75) is 26.7 Å². The van der Waals surface area contributed by atoms with Crippen molar-refractivity contribution in [2.24, 2.45) is 5.92 Å². The summed E-state index contributed by atoms with van der Waals surface area (Å²) < 4.78 is 13.8. The van der Waals surface area contributed by atoms with Crippen LogP contribution in [0.2, 0.25) is 0 Å². The Morgan fingerprint density at radius 1 is 1.50 bits per heavy atom. The minimum Gasteiger partial charge on any atom is -0.478 e. The second kappa shape index (κ2) is 6.73. The van der Waals surface area contributed by atoms with Crippen molar-refractivity contribution in [3.8, 4) is 0 Å². The van der Waals surface area contributed by atoms with E-state index in [1.165, 1.54) is 12.1 Å². The van der Waals surface area contributed by atoms with Gasteiger partial charge in [0, 0.05) is 6.54 Å². The normalized spacial score (nSPS) is 10.7. The molecule has 0 saturated heterocycles. The lowest BCUT2D eigenvalue weighted by Crippen LogP contribution is -2.07. The van der Waals surface area contributed by atoms with Crippen molar-refractivity contribution in [1.29, 1.82) is 0 Å². The van der Waals surface area contributed by atoms with Crippen LogP contribution < -0.4 is 5.32 Å². The molecule has 0 saturated carbocycles. The fourth-order valence-corrected chi connectivity index (χ4v) is 2.10. The third-order valence-corrected chi connectivity index (χ3v) is 3.36. The zero-order chi connectivity index (χ0) is 13.7. The Bertz CT molecular complexity index is 435. The topological polar surface area (TPSA) is 49.3 Å². The number of halogens is 2. The number of hydrogen-bond acceptors (Lipinski definition) is 2. The maximum absolute atomic E-state index is 13.8. The predicted molar refractivity (Wildman–Crippen MR) is 73.6 cm³/mol. The van der Waals surface area contributed by atoms with Crippen molar-refractivity contribution in [1.82, 2.24) is 0 Å². The maximum atomic E-state index is 13.8. The fraction of sp³-hybridized carbons (Fsp3) is 0.462. The smallest absolute Gasteiger partial charge is 0.336 e. The van der Waals surface area contributed by atoms with Gasteiger partial charge in [0.25, 0.3) is 0 Å². The quantitative estimate of drug-likeness (QED) is 0.775. The monoisotopic (exact) mass is 317 g/mol. The number of carboxylic acids is 1. The van der Waals surface area contributed by atoms with Crippen LogP contribution in [0.15, 0.2) is 16.6 Å². The number of rotatable bonds is 6. The van der Waals surface area contributed by atoms with Crippen molar-refractivity contribution >= 4 is 27.6 Å². The van der Waals surface area contributed by atoms with Gasteiger partial charge in [-0.2, -0.15) is 0 Å². The van der Waals surface area contributed by atoms with Crippen LogP contribution in [-0.2, 0) is 0 Å². The molecule has 1 aromatic rings. The van der Waals surface area contributed by atoms with Crippen molar-refractivity contribution in [3.05, 3.63) is 28.0 Å². The molecule has 0 bridgehead atoms. The summed E-state index contributed by atoms with van der Waals surface area (Å²) in [5, 5.41) is 11.8. The predicted octanol–water partition coefficient (Wildman–Crippen LogP) is 4.13. The van der Waals surface area contributed by atoms with Gasteiger partial charge in [-0.15, -0.1) is 0 Å². The van der Waals surface area contributed by atoms with Crippen LogP contribution in [0.4, 0.5) is 10.1 Å². The van der Waals surface area contributed by atoms with Gasteiger partial charge in [-0.3, -0.25) is 0 Å². The zero-order valence-corrected chi connectivity index (χ0v) is 12.1. The first-order valence-corrected chi connectivity index (χ1v) is 6.68. The highest BCUT2D eigenvalue weighted by Crippen LogP contribution is 2.27. The van der Waals surface area contributed by atoms with E-state index < -0.39 is 11.8 Å². The number of carboxylic acid groups (broad SMARTS) is 1. The second-order valence-electron chi connectivity index (χ2n) is 4.56. The number of hydrogen-bond donors (Lipinski definition) is 2. The summed E-state index contributed by atoms with van der Waals surface area (Å²) >= 11 is 2.97. The van der Waals surface area contributed by atoms with E-state index in [1.807, 2.05) is 0 Å². The Morgan fingerprint density at radius 2 is 2.17 bits per heavy atom. The Kier molecular flexibility index (Phi) is 5.59. The second-order valence-corrected chi connectivity index (χ2v) is 5.35. The van der Waals surface area contributed by atoms with Gasteiger partial charge >= 0.3 is 5.97 Å². The van der Waals surface area contributed by atoms with Crippen molar-refractivity contribution in [3.63, 3.8) is 0 Å². The van der Waals surface area contributed by atoms with E-state index in [-0.39, 0.29) is 10.0 Å². The van der Waals surface area contributed by atoms with E-state index in [0.717, 1.165) is 12.8 Å². The lowest BCUT2D eigenvalue weighted by Gasteiger charge is -2.10. The molecule has 5 heteroatoms. The molecule has 0 aliphatic rings. The summed E-state index contributed by atoms with van der Waals surface area (Å²) in [5.74, 6) is -1.08. The van der Waals surface area contributed by atoms with E-state index >= 15 is 0 Å². The Hall–Kier alpha value is -1.10. The van der Waals surface area contributed by atoms with Crippen molar-refractivity contribution in [2.75, 3.05) is 11.9 Å². The molecule has 0 unspecified atom stereocenters. The number of benzene rings is 1. The summed E-state index contributed by atoms with van der Waals surface area (Å²) in [6.07, 6.45) is 2.03. The summed E-state index contributed by atoms with van der Waals surface area (Å²) in [6.45, 7) is 4.95. The molecule has 18 heavy (non-hydrogen) atoms. The molecule has 0 spiro atoms. The van der Waals surface area contributed by atoms with E-state index in [4.69, 9.17) is 5.11 Å². The number of aromatic carboxylic acids is 1. The first-order valence-electron chi connectivity index (χ1n) is 5.88. The highest BCUT2D eigenvalue weighted by Gasteiger charge is 2.15. The SMILES string of the molecule is CC(C)CCCNc1ccc(C(=O)O)c(Br)c1F. The van der Waals surface area contributed by atoms with E-state index in [9.17, 15) is 9.18 Å². The summed E-state index contributed by atoms with van der Waals surface area (Å²) in [5.41, 5.74) is 0.260. The molecule has 0 aromatic heterocycles. The van der Waals surface area contributed by atoms with Gasteiger partial charge in [0.1, 0.15) is 0 Å². The molecule has 1 aromatic carbocycles. The minimum absolute atomic E-state index is 0.0103.